The van der Waals surface area contributed by atoms with Crippen LogP contribution in [0.1, 0.15) is 90.3 Å². The average molecular weight is 532 g/mol. The maximum Gasteiger partial charge on any atom is 2.00 e. The summed E-state index contributed by atoms with van der Waals surface area (Å²) in [7, 11) is 0. The molecule has 0 radical (unpaired) electrons. The predicted octanol–water partition coefficient (Wildman–Crippen LogP) is 6.17. The minimum atomic E-state index is -0.391. The predicted molar refractivity (Wildman–Crippen MR) is 142 cm³/mol. The van der Waals surface area contributed by atoms with E-state index in [1.807, 2.05) is 54.5 Å². The molecule has 0 fully saturated rings. The van der Waals surface area contributed by atoms with Crippen molar-refractivity contribution in [3.63, 3.8) is 0 Å². The Morgan fingerprint density at radius 2 is 1.47 bits per heavy atom. The van der Waals surface area contributed by atoms with Crippen molar-refractivity contribution < 1.29 is 26.7 Å². The molecule has 0 bridgehead atoms. The van der Waals surface area contributed by atoms with Crippen LogP contribution in [0.15, 0.2) is 53.9 Å². The second-order valence-corrected chi connectivity index (χ2v) is 10.8. The van der Waals surface area contributed by atoms with Crippen molar-refractivity contribution in [1.82, 2.24) is 9.97 Å². The van der Waals surface area contributed by atoms with E-state index >= 15 is 0 Å². The number of aryl methyl sites for hydroxylation is 2. The third-order valence-electron chi connectivity index (χ3n) is 5.91. The van der Waals surface area contributed by atoms with Gasteiger partial charge in [0.2, 0.25) is 0 Å². The molecule has 1 heterocycles. The molecule has 6 heteroatoms. The zero-order valence-corrected chi connectivity index (χ0v) is 24.0. The van der Waals surface area contributed by atoms with Crippen LogP contribution in [0.2, 0.25) is 0 Å². The standard InChI is InChI=1S/C16H19N3.C14H22O2.Ni/c1-4-13-7-6-8-14(5-2)16(13)19-12(3)15-11-17-9-10-18-15;1-13(2,3)9-7-10(14(4,5)6)12(16)11(15)8-9;/h6-11H,4-5H2,1-3H3;7-8,15-16H,1-6H3;/q;;+2/p-2. The van der Waals surface area contributed by atoms with Crippen LogP contribution in [0.4, 0.5) is 5.69 Å². The molecule has 1 aromatic heterocycles. The van der Waals surface area contributed by atoms with Crippen molar-refractivity contribution in [2.45, 2.75) is 86.0 Å². The summed E-state index contributed by atoms with van der Waals surface area (Å²) in [6, 6.07) is 9.74. The Labute approximate surface area is 227 Å². The molecular formula is C30H39N3NiO2. The van der Waals surface area contributed by atoms with E-state index in [9.17, 15) is 10.2 Å². The second kappa shape index (κ2) is 13.0. The average Bonchev–Trinajstić information content (AvgIpc) is 2.80. The van der Waals surface area contributed by atoms with Crippen molar-refractivity contribution in [3.05, 3.63) is 76.9 Å². The van der Waals surface area contributed by atoms with Gasteiger partial charge in [-0.15, -0.1) is 11.5 Å². The van der Waals surface area contributed by atoms with Gasteiger partial charge in [0.05, 0.1) is 17.6 Å². The van der Waals surface area contributed by atoms with E-state index in [-0.39, 0.29) is 33.1 Å². The van der Waals surface area contributed by atoms with Crippen molar-refractivity contribution in [3.8, 4) is 11.5 Å². The molecule has 196 valence electrons. The van der Waals surface area contributed by atoms with E-state index in [4.69, 9.17) is 4.99 Å². The minimum Gasteiger partial charge on any atom is -0.873 e. The molecule has 0 amide bonds. The summed E-state index contributed by atoms with van der Waals surface area (Å²) in [6.45, 7) is 18.3. The Morgan fingerprint density at radius 1 is 0.889 bits per heavy atom. The molecular weight excluding hydrogens is 493 g/mol. The molecule has 3 rings (SSSR count). The fourth-order valence-corrected chi connectivity index (χ4v) is 3.66. The zero-order valence-electron chi connectivity index (χ0n) is 23.0. The summed E-state index contributed by atoms with van der Waals surface area (Å²) < 4.78 is 0. The van der Waals surface area contributed by atoms with E-state index in [2.05, 4.69) is 42.0 Å². The third kappa shape index (κ3) is 8.16. The van der Waals surface area contributed by atoms with Gasteiger partial charge in [-0.1, -0.05) is 91.3 Å². The fourth-order valence-electron chi connectivity index (χ4n) is 3.66. The van der Waals surface area contributed by atoms with E-state index in [1.54, 1.807) is 18.6 Å². The van der Waals surface area contributed by atoms with Gasteiger partial charge in [-0.3, -0.25) is 15.0 Å². The zero-order chi connectivity index (χ0) is 26.4. The van der Waals surface area contributed by atoms with Crippen LogP contribution in [0.5, 0.6) is 11.5 Å². The SMILES string of the molecule is CC(C)(C)c1cc([O-])c([O-])c(C(C)(C)C)c1.CCc1cccc(CC)c1N=C(C)c1cnccn1.[Ni+2]. The quantitative estimate of drug-likeness (QED) is 0.297. The molecule has 0 N–H and O–H groups in total. The van der Waals surface area contributed by atoms with E-state index in [1.165, 1.54) is 17.2 Å². The Bertz CT molecular complexity index is 1140. The van der Waals surface area contributed by atoms with E-state index < -0.39 is 5.75 Å². The number of aromatic nitrogens is 2. The van der Waals surface area contributed by atoms with Gasteiger partial charge in [0.1, 0.15) is 5.69 Å². The van der Waals surface area contributed by atoms with Gasteiger partial charge in [0, 0.05) is 12.4 Å². The number of hydrogen-bond donors (Lipinski definition) is 0. The molecule has 0 unspecified atom stereocenters. The van der Waals surface area contributed by atoms with Crippen LogP contribution in [-0.2, 0) is 40.2 Å². The van der Waals surface area contributed by atoms with Gasteiger partial charge < -0.3 is 10.2 Å². The van der Waals surface area contributed by atoms with Crippen LogP contribution in [-0.4, -0.2) is 15.7 Å². The van der Waals surface area contributed by atoms with Crippen LogP contribution in [0.3, 0.4) is 0 Å². The monoisotopic (exact) mass is 531 g/mol. The van der Waals surface area contributed by atoms with Crippen molar-refractivity contribution in [1.29, 1.82) is 0 Å². The Morgan fingerprint density at radius 3 is 1.92 bits per heavy atom. The molecule has 2 aromatic carbocycles. The van der Waals surface area contributed by atoms with E-state index in [0.717, 1.165) is 35.5 Å². The van der Waals surface area contributed by atoms with Crippen LogP contribution < -0.4 is 10.2 Å². The summed E-state index contributed by atoms with van der Waals surface area (Å²) in [5.41, 5.74) is 6.55. The molecule has 0 saturated heterocycles. The van der Waals surface area contributed by atoms with Crippen molar-refractivity contribution in [2.24, 2.45) is 4.99 Å². The Hall–Kier alpha value is -2.72. The summed E-state index contributed by atoms with van der Waals surface area (Å²) in [5.74, 6) is -0.752. The third-order valence-corrected chi connectivity index (χ3v) is 5.91. The molecule has 0 aliphatic carbocycles. The molecule has 36 heavy (non-hydrogen) atoms. The topological polar surface area (TPSA) is 84.3 Å². The molecule has 0 aliphatic rings. The number of benzene rings is 2. The summed E-state index contributed by atoms with van der Waals surface area (Å²) in [4.78, 5) is 13.2. The summed E-state index contributed by atoms with van der Waals surface area (Å²) in [5, 5.41) is 23.4. The smallest absolute Gasteiger partial charge is 0.873 e. The van der Waals surface area contributed by atoms with Gasteiger partial charge >= 0.3 is 16.5 Å². The van der Waals surface area contributed by atoms with Crippen molar-refractivity contribution >= 4 is 11.4 Å². The first kappa shape index (κ1) is 31.3. The maximum atomic E-state index is 11.8. The minimum absolute atomic E-state index is 0. The second-order valence-electron chi connectivity index (χ2n) is 10.8. The maximum absolute atomic E-state index is 11.8. The van der Waals surface area contributed by atoms with Crippen LogP contribution in [0, 0.1) is 0 Å². The number of nitrogens with zero attached hydrogens (tertiary/aromatic N) is 3. The van der Waals surface area contributed by atoms with Gasteiger partial charge in [-0.2, -0.15) is 0 Å². The Kier molecular flexibility index (Phi) is 11.3. The first-order chi connectivity index (χ1) is 16.3. The molecule has 5 nitrogen and oxygen atoms in total. The molecule has 0 atom stereocenters. The molecule has 0 aliphatic heterocycles. The van der Waals surface area contributed by atoms with Gasteiger partial charge in [-0.25, -0.2) is 0 Å². The summed E-state index contributed by atoms with van der Waals surface area (Å²) >= 11 is 0. The van der Waals surface area contributed by atoms with Crippen LogP contribution >= 0.6 is 0 Å². The number of para-hydroxylation sites is 1. The first-order valence-electron chi connectivity index (χ1n) is 12.2. The summed E-state index contributed by atoms with van der Waals surface area (Å²) in [6.07, 6.45) is 7.09. The number of rotatable bonds is 4. The number of aliphatic imine (C=N–C) groups is 1. The van der Waals surface area contributed by atoms with Gasteiger partial charge in [-0.05, 0) is 47.3 Å². The largest absolute Gasteiger partial charge is 2.00 e. The van der Waals surface area contributed by atoms with Crippen molar-refractivity contribution in [2.75, 3.05) is 0 Å². The normalized spacial score (nSPS) is 11.9. The first-order valence-corrected chi connectivity index (χ1v) is 12.2. The van der Waals surface area contributed by atoms with Gasteiger partial charge in [0.25, 0.3) is 0 Å². The molecule has 0 spiro atoms. The molecule has 3 aromatic rings. The fraction of sp³-hybridized carbons (Fsp3) is 0.433. The number of hydrogen-bond acceptors (Lipinski definition) is 5. The Balaban J connectivity index is 0.000000356. The van der Waals surface area contributed by atoms with Crippen LogP contribution in [0.25, 0.3) is 0 Å². The van der Waals surface area contributed by atoms with Gasteiger partial charge in [0.15, 0.2) is 0 Å². The van der Waals surface area contributed by atoms with E-state index in [0.29, 0.717) is 5.56 Å². The molecule has 0 saturated carbocycles.